The van der Waals surface area contributed by atoms with Gasteiger partial charge in [0.15, 0.2) is 0 Å². The first-order valence-electron chi connectivity index (χ1n) is 2.38. The van der Waals surface area contributed by atoms with Gasteiger partial charge in [-0.3, -0.25) is 0 Å². The number of aromatic nitrogens is 1. The maximum Gasteiger partial charge on any atom is 0.106 e. The lowest BCUT2D eigenvalue weighted by Gasteiger charge is -1.88. The minimum atomic E-state index is 0. The predicted octanol–water partition coefficient (Wildman–Crippen LogP) is 2.57. The van der Waals surface area contributed by atoms with Crippen LogP contribution in [0.4, 0.5) is 0 Å². The summed E-state index contributed by atoms with van der Waals surface area (Å²) in [5, 5.41) is 0. The molecular formula is C6H7BrClN. The van der Waals surface area contributed by atoms with Crippen molar-refractivity contribution in [2.24, 2.45) is 0 Å². The first kappa shape index (κ1) is 8.92. The standard InChI is InChI=1S/C6H6BrN.ClH/c1-5-3-2-4-6(7)8-5;/h2-4H,1H3;1H. The molecule has 1 heterocycles. The van der Waals surface area contributed by atoms with Gasteiger partial charge in [0, 0.05) is 5.69 Å². The van der Waals surface area contributed by atoms with Crippen molar-refractivity contribution in [3.63, 3.8) is 0 Å². The zero-order valence-corrected chi connectivity index (χ0v) is 7.37. The summed E-state index contributed by atoms with van der Waals surface area (Å²) in [6.45, 7) is 1.96. The lowest BCUT2D eigenvalue weighted by molar-refractivity contribution is 1.17. The van der Waals surface area contributed by atoms with Gasteiger partial charge in [0.05, 0.1) is 0 Å². The topological polar surface area (TPSA) is 12.9 Å². The van der Waals surface area contributed by atoms with E-state index in [1.165, 1.54) is 0 Å². The number of hydrogen-bond acceptors (Lipinski definition) is 1. The Balaban J connectivity index is 0.000000640. The molecule has 9 heavy (non-hydrogen) atoms. The number of nitrogens with zero attached hydrogens (tertiary/aromatic N) is 1. The van der Waals surface area contributed by atoms with E-state index in [0.29, 0.717) is 0 Å². The molecule has 1 nitrogen and oxygen atoms in total. The molecule has 0 saturated carbocycles. The van der Waals surface area contributed by atoms with Crippen LogP contribution < -0.4 is 0 Å². The van der Waals surface area contributed by atoms with Gasteiger partial charge < -0.3 is 0 Å². The fourth-order valence-electron chi connectivity index (χ4n) is 0.510. The second-order valence-electron chi connectivity index (χ2n) is 1.60. The normalized spacial score (nSPS) is 8.22. The van der Waals surface area contributed by atoms with Crippen LogP contribution in [0.1, 0.15) is 5.69 Å². The minimum Gasteiger partial charge on any atom is -0.246 e. The maximum absolute atomic E-state index is 4.09. The molecular weight excluding hydrogens is 201 g/mol. The molecule has 0 bridgehead atoms. The first-order chi connectivity index (χ1) is 3.79. The Morgan fingerprint density at radius 1 is 1.44 bits per heavy atom. The van der Waals surface area contributed by atoms with Crippen LogP contribution in [-0.2, 0) is 0 Å². The van der Waals surface area contributed by atoms with Crippen molar-refractivity contribution >= 4 is 28.3 Å². The van der Waals surface area contributed by atoms with Crippen LogP contribution in [0.15, 0.2) is 22.8 Å². The number of halogens is 2. The smallest absolute Gasteiger partial charge is 0.106 e. The number of rotatable bonds is 0. The molecule has 0 radical (unpaired) electrons. The van der Waals surface area contributed by atoms with Crippen molar-refractivity contribution in [2.45, 2.75) is 6.92 Å². The SMILES string of the molecule is Cc1cccc(Br)n1.Cl. The van der Waals surface area contributed by atoms with Crippen LogP contribution in [0.5, 0.6) is 0 Å². The zero-order chi connectivity index (χ0) is 5.98. The molecule has 0 unspecified atom stereocenters. The number of aryl methyl sites for hydroxylation is 1. The largest absolute Gasteiger partial charge is 0.246 e. The van der Waals surface area contributed by atoms with Crippen LogP contribution in [0.3, 0.4) is 0 Å². The van der Waals surface area contributed by atoms with Gasteiger partial charge in [0.25, 0.3) is 0 Å². The molecule has 0 spiro atoms. The van der Waals surface area contributed by atoms with E-state index in [4.69, 9.17) is 0 Å². The Kier molecular flexibility index (Phi) is 3.82. The predicted molar refractivity (Wildman–Crippen MR) is 43.9 cm³/mol. The highest BCUT2D eigenvalue weighted by Gasteiger charge is 1.83. The molecule has 1 rings (SSSR count). The van der Waals surface area contributed by atoms with Crippen LogP contribution in [0, 0.1) is 6.92 Å². The molecule has 0 aliphatic heterocycles. The fraction of sp³-hybridized carbons (Fsp3) is 0.167. The monoisotopic (exact) mass is 207 g/mol. The third-order valence-electron chi connectivity index (χ3n) is 0.854. The van der Waals surface area contributed by atoms with Crippen molar-refractivity contribution in [3.05, 3.63) is 28.5 Å². The Morgan fingerprint density at radius 3 is 2.44 bits per heavy atom. The molecule has 0 aliphatic carbocycles. The molecule has 0 fully saturated rings. The van der Waals surface area contributed by atoms with Crippen LogP contribution in [0.2, 0.25) is 0 Å². The van der Waals surface area contributed by atoms with Gasteiger partial charge in [-0.05, 0) is 35.0 Å². The highest BCUT2D eigenvalue weighted by Crippen LogP contribution is 2.04. The summed E-state index contributed by atoms with van der Waals surface area (Å²) in [6, 6.07) is 5.84. The summed E-state index contributed by atoms with van der Waals surface area (Å²) >= 11 is 3.25. The van der Waals surface area contributed by atoms with E-state index >= 15 is 0 Å². The number of hydrogen-bond donors (Lipinski definition) is 0. The molecule has 0 aromatic carbocycles. The Hall–Kier alpha value is -0.0800. The van der Waals surface area contributed by atoms with Gasteiger partial charge in [-0.1, -0.05) is 6.07 Å². The van der Waals surface area contributed by atoms with Crippen molar-refractivity contribution < 1.29 is 0 Å². The van der Waals surface area contributed by atoms with Gasteiger partial charge in [-0.2, -0.15) is 0 Å². The molecule has 0 saturated heterocycles. The summed E-state index contributed by atoms with van der Waals surface area (Å²) in [5.41, 5.74) is 1.04. The van der Waals surface area contributed by atoms with E-state index in [2.05, 4.69) is 20.9 Å². The molecule has 0 amide bonds. The van der Waals surface area contributed by atoms with Crippen molar-refractivity contribution in [1.82, 2.24) is 4.98 Å². The Bertz CT molecular complexity index is 173. The third kappa shape index (κ3) is 2.82. The van der Waals surface area contributed by atoms with E-state index < -0.39 is 0 Å². The van der Waals surface area contributed by atoms with Crippen LogP contribution in [-0.4, -0.2) is 4.98 Å². The second kappa shape index (κ2) is 3.85. The summed E-state index contributed by atoms with van der Waals surface area (Å²) in [7, 11) is 0. The average Bonchev–Trinajstić information content (AvgIpc) is 1.64. The van der Waals surface area contributed by atoms with E-state index in [0.717, 1.165) is 10.3 Å². The molecule has 0 atom stereocenters. The van der Waals surface area contributed by atoms with E-state index in [1.54, 1.807) is 0 Å². The van der Waals surface area contributed by atoms with Gasteiger partial charge in [-0.15, -0.1) is 12.4 Å². The van der Waals surface area contributed by atoms with Crippen LogP contribution in [0.25, 0.3) is 0 Å². The summed E-state index contributed by atoms with van der Waals surface area (Å²) < 4.78 is 0.900. The van der Waals surface area contributed by atoms with Gasteiger partial charge in [0.1, 0.15) is 4.60 Å². The van der Waals surface area contributed by atoms with Gasteiger partial charge in [0.2, 0.25) is 0 Å². The van der Waals surface area contributed by atoms with Crippen molar-refractivity contribution in [2.75, 3.05) is 0 Å². The van der Waals surface area contributed by atoms with E-state index in [9.17, 15) is 0 Å². The molecule has 1 aromatic rings. The van der Waals surface area contributed by atoms with Crippen molar-refractivity contribution in [1.29, 1.82) is 0 Å². The van der Waals surface area contributed by atoms with Gasteiger partial charge >= 0.3 is 0 Å². The van der Waals surface area contributed by atoms with E-state index in [1.807, 2.05) is 25.1 Å². The third-order valence-corrected chi connectivity index (χ3v) is 1.30. The first-order valence-corrected chi connectivity index (χ1v) is 3.17. The summed E-state index contributed by atoms with van der Waals surface area (Å²) in [5.74, 6) is 0. The Labute approximate surface area is 69.0 Å². The molecule has 50 valence electrons. The highest BCUT2D eigenvalue weighted by molar-refractivity contribution is 9.10. The Morgan fingerprint density at radius 2 is 2.11 bits per heavy atom. The second-order valence-corrected chi connectivity index (χ2v) is 2.41. The maximum atomic E-state index is 4.09. The lowest BCUT2D eigenvalue weighted by atomic mass is 10.4. The molecule has 3 heteroatoms. The molecule has 1 aromatic heterocycles. The summed E-state index contributed by atoms with van der Waals surface area (Å²) in [4.78, 5) is 4.09. The average molecular weight is 208 g/mol. The quantitative estimate of drug-likeness (QED) is 0.597. The van der Waals surface area contributed by atoms with Gasteiger partial charge in [-0.25, -0.2) is 4.98 Å². The summed E-state index contributed by atoms with van der Waals surface area (Å²) in [6.07, 6.45) is 0. The number of pyridine rings is 1. The molecule has 0 aliphatic rings. The lowest BCUT2D eigenvalue weighted by Crippen LogP contribution is -1.77. The minimum absolute atomic E-state index is 0. The van der Waals surface area contributed by atoms with Crippen LogP contribution >= 0.6 is 28.3 Å². The molecule has 0 N–H and O–H groups in total. The van der Waals surface area contributed by atoms with Crippen molar-refractivity contribution in [3.8, 4) is 0 Å². The zero-order valence-electron chi connectivity index (χ0n) is 4.97. The van der Waals surface area contributed by atoms with E-state index in [-0.39, 0.29) is 12.4 Å². The highest BCUT2D eigenvalue weighted by atomic mass is 79.9. The fourth-order valence-corrected chi connectivity index (χ4v) is 0.942.